The third-order valence-corrected chi connectivity index (χ3v) is 10.6. The van der Waals surface area contributed by atoms with Crippen LogP contribution in [0.2, 0.25) is 0 Å². The Labute approximate surface area is 187 Å². The van der Waals surface area contributed by atoms with Gasteiger partial charge in [-0.1, -0.05) is 36.4 Å². The average molecular weight is 487 g/mol. The van der Waals surface area contributed by atoms with E-state index in [0.29, 0.717) is 5.75 Å². The molecule has 0 aliphatic rings. The molecule has 30 heavy (non-hydrogen) atoms. The Balaban J connectivity index is 2.07. The van der Waals surface area contributed by atoms with Gasteiger partial charge >= 0.3 is 6.16 Å². The number of ether oxygens (including phenoxy) is 2. The van der Waals surface area contributed by atoms with E-state index < -0.39 is 20.2 Å². The molecule has 3 nitrogen and oxygen atoms in total. The number of hydrogen-bond acceptors (Lipinski definition) is 3. The Hall–Kier alpha value is -2.24. The zero-order valence-corrected chi connectivity index (χ0v) is 20.3. The maximum Gasteiger partial charge on any atom is 0.514 e. The van der Waals surface area contributed by atoms with E-state index in [9.17, 15) is 4.79 Å². The number of carbonyl (C=O) groups excluding carboxylic acids is 1. The topological polar surface area (TPSA) is 35.5 Å². The van der Waals surface area contributed by atoms with Gasteiger partial charge in [-0.15, -0.1) is 8.46 Å². The van der Waals surface area contributed by atoms with Crippen molar-refractivity contribution in [3.63, 3.8) is 0 Å². The third-order valence-electron chi connectivity index (χ3n) is 4.47. The number of hydrogen-bond donors (Lipinski definition) is 0. The van der Waals surface area contributed by atoms with Crippen molar-refractivity contribution in [2.75, 3.05) is 0 Å². The van der Waals surface area contributed by atoms with Crippen molar-refractivity contribution in [3.05, 3.63) is 83.9 Å². The van der Waals surface area contributed by atoms with Crippen LogP contribution in [0, 0.1) is 13.8 Å². The molecule has 0 bridgehead atoms. The molecule has 0 spiro atoms. The van der Waals surface area contributed by atoms with E-state index in [2.05, 4.69) is 75.5 Å². The fourth-order valence-corrected chi connectivity index (χ4v) is 7.63. The molecule has 0 aliphatic carbocycles. The largest absolute Gasteiger partial charge is 0.514 e. The van der Waals surface area contributed by atoms with Gasteiger partial charge in [-0.25, -0.2) is 4.79 Å². The molecule has 0 aromatic heterocycles. The highest BCUT2D eigenvalue weighted by molar-refractivity contribution is 9.58. The molecule has 0 aliphatic heterocycles. The van der Waals surface area contributed by atoms with Gasteiger partial charge in [0.1, 0.15) is 11.4 Å². The summed E-state index contributed by atoms with van der Waals surface area (Å²) in [5.41, 5.74) is 1.17. The van der Waals surface area contributed by atoms with E-state index in [0.717, 1.165) is 16.0 Å². The Morgan fingerprint density at radius 3 is 1.63 bits per heavy atom. The summed E-state index contributed by atoms with van der Waals surface area (Å²) >= 11 is 4.14. The van der Waals surface area contributed by atoms with Gasteiger partial charge in [-0.05, 0) is 97.0 Å². The summed E-state index contributed by atoms with van der Waals surface area (Å²) in [5.74, 6) is 0.545. The molecular weight excluding hydrogens is 460 g/mol. The Morgan fingerprint density at radius 2 is 1.23 bits per heavy atom. The van der Waals surface area contributed by atoms with Crippen LogP contribution in [-0.2, 0) is 4.74 Å². The number of carbonyl (C=O) groups is 1. The minimum atomic E-state index is -1.65. The number of halogens is 1. The van der Waals surface area contributed by atoms with Gasteiger partial charge in [0.25, 0.3) is 0 Å². The number of rotatable bonds is 4. The summed E-state index contributed by atoms with van der Waals surface area (Å²) in [4.78, 5) is 15.8. The zero-order valence-electron chi connectivity index (χ0n) is 17.9. The molecule has 0 saturated heterocycles. The van der Waals surface area contributed by atoms with Crippen molar-refractivity contribution >= 4 is 29.4 Å². The predicted molar refractivity (Wildman–Crippen MR) is 127 cm³/mol. The second kappa shape index (κ2) is 8.86. The van der Waals surface area contributed by atoms with Crippen LogP contribution >= 0.6 is 23.3 Å². The van der Waals surface area contributed by atoms with Gasteiger partial charge < -0.3 is 9.47 Å². The first-order valence-electron chi connectivity index (χ1n) is 9.76. The maximum atomic E-state index is 12.2. The summed E-state index contributed by atoms with van der Waals surface area (Å²) in [6, 6.07) is 25.0. The second-order valence-electron chi connectivity index (χ2n) is 8.12. The monoisotopic (exact) mass is 486 g/mol. The van der Waals surface area contributed by atoms with Crippen molar-refractivity contribution in [2.24, 2.45) is 0 Å². The van der Waals surface area contributed by atoms with Crippen molar-refractivity contribution in [1.82, 2.24) is 0 Å². The van der Waals surface area contributed by atoms with Gasteiger partial charge in [0.2, 0.25) is 0 Å². The predicted octanol–water partition coefficient (Wildman–Crippen LogP) is 8.21. The molecular formula is C25H27BrO3S. The number of benzene rings is 3. The van der Waals surface area contributed by atoms with Crippen LogP contribution < -0.4 is 4.74 Å². The van der Waals surface area contributed by atoms with E-state index in [1.807, 2.05) is 46.8 Å². The molecule has 3 aromatic carbocycles. The average Bonchev–Trinajstić information content (AvgIpc) is 2.70. The van der Waals surface area contributed by atoms with Crippen LogP contribution in [0.1, 0.15) is 31.9 Å². The summed E-state index contributed by atoms with van der Waals surface area (Å²) in [5, 5.41) is 0. The Bertz CT molecular complexity index is 965. The fourth-order valence-electron chi connectivity index (χ4n) is 3.21. The highest BCUT2D eigenvalue weighted by Gasteiger charge is 2.29. The second-order valence-corrected chi connectivity index (χ2v) is 13.5. The molecule has 0 radical (unpaired) electrons. The van der Waals surface area contributed by atoms with Crippen molar-refractivity contribution in [3.8, 4) is 5.75 Å². The lowest BCUT2D eigenvalue weighted by molar-refractivity contribution is 0.0203. The van der Waals surface area contributed by atoms with Gasteiger partial charge in [0, 0.05) is 14.7 Å². The smallest absolute Gasteiger partial charge is 0.428 e. The summed E-state index contributed by atoms with van der Waals surface area (Å²) < 4.78 is 10.9. The SMILES string of the molecule is Cc1cc(S(Br)(c2ccccc2)c2ccccc2)cc(C)c1OC(=O)OC(C)(C)C. The normalized spacial score (nSPS) is 12.3. The Kier molecular flexibility index (Phi) is 6.63. The minimum Gasteiger partial charge on any atom is -0.428 e. The molecule has 5 heteroatoms. The van der Waals surface area contributed by atoms with Crippen LogP contribution in [-0.4, -0.2) is 11.8 Å². The van der Waals surface area contributed by atoms with Crippen molar-refractivity contribution in [2.45, 2.75) is 54.9 Å². The lowest BCUT2D eigenvalue weighted by Crippen LogP contribution is -2.26. The molecule has 3 aromatic rings. The third kappa shape index (κ3) is 4.90. The van der Waals surface area contributed by atoms with Crippen LogP contribution in [0.5, 0.6) is 5.75 Å². The molecule has 0 heterocycles. The van der Waals surface area contributed by atoms with Crippen LogP contribution in [0.3, 0.4) is 0 Å². The fraction of sp³-hybridized carbons (Fsp3) is 0.240. The molecule has 3 rings (SSSR count). The van der Waals surface area contributed by atoms with Crippen LogP contribution in [0.15, 0.2) is 87.5 Å². The standard InChI is InChI=1S/C25H27BrO3S/c1-18-16-22(17-19(2)23(18)28-24(27)29-25(3,4)5)30(26,20-12-8-6-9-13-20)21-14-10-7-11-15-21/h6-17H,1-5H3. The summed E-state index contributed by atoms with van der Waals surface area (Å²) in [6.07, 6.45) is -0.690. The summed E-state index contributed by atoms with van der Waals surface area (Å²) in [7, 11) is -1.65. The lowest BCUT2D eigenvalue weighted by Gasteiger charge is -2.35. The van der Waals surface area contributed by atoms with Crippen LogP contribution in [0.4, 0.5) is 4.79 Å². The first kappa shape index (κ1) is 22.4. The van der Waals surface area contributed by atoms with Crippen molar-refractivity contribution in [1.29, 1.82) is 0 Å². The van der Waals surface area contributed by atoms with E-state index in [4.69, 9.17) is 9.47 Å². The highest BCUT2D eigenvalue weighted by Crippen LogP contribution is 2.74. The lowest BCUT2D eigenvalue weighted by atomic mass is 10.1. The van der Waals surface area contributed by atoms with Gasteiger partial charge in [-0.2, -0.15) is 0 Å². The van der Waals surface area contributed by atoms with Gasteiger partial charge in [-0.3, -0.25) is 0 Å². The van der Waals surface area contributed by atoms with E-state index in [-0.39, 0.29) is 0 Å². The zero-order chi connectivity index (χ0) is 21.9. The van der Waals surface area contributed by atoms with E-state index >= 15 is 0 Å². The molecule has 0 saturated carbocycles. The quantitative estimate of drug-likeness (QED) is 0.275. The highest BCUT2D eigenvalue weighted by atomic mass is 79.9. The Morgan fingerprint density at radius 1 is 0.800 bits per heavy atom. The van der Waals surface area contributed by atoms with Gasteiger partial charge in [0.05, 0.1) is 0 Å². The maximum absolute atomic E-state index is 12.2. The summed E-state index contributed by atoms with van der Waals surface area (Å²) in [6.45, 7) is 9.37. The molecule has 0 unspecified atom stereocenters. The molecule has 0 amide bonds. The first-order valence-corrected chi connectivity index (χ1v) is 13.2. The first-order chi connectivity index (χ1) is 14.1. The van der Waals surface area contributed by atoms with Crippen LogP contribution in [0.25, 0.3) is 0 Å². The van der Waals surface area contributed by atoms with Crippen molar-refractivity contribution < 1.29 is 14.3 Å². The molecule has 0 fully saturated rings. The van der Waals surface area contributed by atoms with Gasteiger partial charge in [0.15, 0.2) is 0 Å². The molecule has 158 valence electrons. The molecule has 0 N–H and O–H groups in total. The minimum absolute atomic E-state index is 0.545. The van der Waals surface area contributed by atoms with E-state index in [1.54, 1.807) is 0 Å². The molecule has 0 atom stereocenters. The number of aryl methyl sites for hydroxylation is 2. The van der Waals surface area contributed by atoms with E-state index in [1.165, 1.54) is 9.79 Å².